The Balaban J connectivity index is 1.75. The molecule has 3 unspecified atom stereocenters. The number of aliphatic carboxylic acids is 1. The molecule has 2 rings (SSSR count). The van der Waals surface area contributed by atoms with Crippen LogP contribution in [0.2, 0.25) is 0 Å². The van der Waals surface area contributed by atoms with E-state index in [0.717, 1.165) is 5.57 Å². The van der Waals surface area contributed by atoms with E-state index in [1.54, 1.807) is 6.08 Å². The Morgan fingerprint density at radius 1 is 1.31 bits per heavy atom. The summed E-state index contributed by atoms with van der Waals surface area (Å²) in [4.78, 5) is 35.7. The molecule has 0 aromatic carbocycles. The van der Waals surface area contributed by atoms with E-state index in [2.05, 4.69) is 16.0 Å². The van der Waals surface area contributed by atoms with Crippen LogP contribution in [0.25, 0.3) is 0 Å². The maximum Gasteiger partial charge on any atom is 0.330 e. The van der Waals surface area contributed by atoms with Crippen LogP contribution in [0.15, 0.2) is 35.5 Å². The SMILES string of the molecule is N=C(N)C1NCC=C1CC(N)C(=O)NCCC(=O)NC(C(=O)O)C1=CCC=CC1. The number of allylic oxidation sites excluding steroid dienone is 3. The minimum Gasteiger partial charge on any atom is -0.479 e. The highest BCUT2D eigenvalue weighted by Crippen LogP contribution is 2.16. The number of carboxylic acid groups (broad SMARTS) is 1. The van der Waals surface area contributed by atoms with Crippen molar-refractivity contribution in [2.75, 3.05) is 13.1 Å². The number of hydrogen-bond acceptors (Lipinski definition) is 6. The fourth-order valence-electron chi connectivity index (χ4n) is 3.24. The molecule has 10 nitrogen and oxygen atoms in total. The average Bonchev–Trinajstić information content (AvgIpc) is 3.14. The lowest BCUT2D eigenvalue weighted by Crippen LogP contribution is -2.46. The zero-order valence-corrected chi connectivity index (χ0v) is 16.1. The van der Waals surface area contributed by atoms with E-state index in [9.17, 15) is 19.5 Å². The second kappa shape index (κ2) is 10.5. The first-order valence-electron chi connectivity index (χ1n) is 9.45. The van der Waals surface area contributed by atoms with Crippen LogP contribution in [0.3, 0.4) is 0 Å². The highest BCUT2D eigenvalue weighted by Gasteiger charge is 2.26. The van der Waals surface area contributed by atoms with Gasteiger partial charge in [-0.2, -0.15) is 0 Å². The minimum absolute atomic E-state index is 0.0328. The van der Waals surface area contributed by atoms with E-state index in [4.69, 9.17) is 16.9 Å². The Morgan fingerprint density at radius 3 is 2.69 bits per heavy atom. The second-order valence-electron chi connectivity index (χ2n) is 6.96. The average molecular weight is 404 g/mol. The predicted octanol–water partition coefficient (Wildman–Crippen LogP) is -1.11. The molecule has 0 aromatic rings. The molecule has 1 heterocycles. The molecule has 10 heteroatoms. The molecular formula is C19H28N6O4. The van der Waals surface area contributed by atoms with Crippen LogP contribution >= 0.6 is 0 Å². The highest BCUT2D eigenvalue weighted by atomic mass is 16.4. The van der Waals surface area contributed by atoms with Crippen molar-refractivity contribution in [2.45, 2.75) is 43.8 Å². The number of carboxylic acids is 1. The van der Waals surface area contributed by atoms with Crippen molar-refractivity contribution in [3.05, 3.63) is 35.5 Å². The predicted molar refractivity (Wildman–Crippen MR) is 108 cm³/mol. The molecule has 1 aliphatic carbocycles. The van der Waals surface area contributed by atoms with Gasteiger partial charge in [0.1, 0.15) is 11.9 Å². The number of rotatable bonds is 10. The molecule has 0 saturated carbocycles. The number of nitrogens with two attached hydrogens (primary N) is 2. The fraction of sp³-hybridized carbons (Fsp3) is 0.474. The van der Waals surface area contributed by atoms with Crippen LogP contribution in [-0.4, -0.2) is 59.9 Å². The monoisotopic (exact) mass is 404 g/mol. The molecule has 29 heavy (non-hydrogen) atoms. The van der Waals surface area contributed by atoms with Crippen LogP contribution in [0.4, 0.5) is 0 Å². The Morgan fingerprint density at radius 2 is 2.07 bits per heavy atom. The number of hydrogen-bond donors (Lipinski definition) is 7. The van der Waals surface area contributed by atoms with Gasteiger partial charge in [0.15, 0.2) is 0 Å². The van der Waals surface area contributed by atoms with Crippen molar-refractivity contribution in [1.29, 1.82) is 5.41 Å². The van der Waals surface area contributed by atoms with Gasteiger partial charge in [0.05, 0.1) is 12.1 Å². The molecule has 0 saturated heterocycles. The van der Waals surface area contributed by atoms with Crippen LogP contribution in [0.5, 0.6) is 0 Å². The maximum atomic E-state index is 12.2. The van der Waals surface area contributed by atoms with Crippen molar-refractivity contribution >= 4 is 23.6 Å². The molecule has 3 atom stereocenters. The summed E-state index contributed by atoms with van der Waals surface area (Å²) in [6, 6.07) is -2.32. The van der Waals surface area contributed by atoms with Gasteiger partial charge in [-0.1, -0.05) is 24.3 Å². The molecular weight excluding hydrogens is 376 g/mol. The number of amidine groups is 1. The van der Waals surface area contributed by atoms with E-state index >= 15 is 0 Å². The molecule has 0 radical (unpaired) electrons. The molecule has 2 aliphatic rings. The highest BCUT2D eigenvalue weighted by molar-refractivity contribution is 5.88. The maximum absolute atomic E-state index is 12.2. The van der Waals surface area contributed by atoms with Crippen molar-refractivity contribution in [3.8, 4) is 0 Å². The molecule has 0 aromatic heterocycles. The van der Waals surface area contributed by atoms with Crippen molar-refractivity contribution in [1.82, 2.24) is 16.0 Å². The van der Waals surface area contributed by atoms with E-state index in [1.807, 2.05) is 18.2 Å². The van der Waals surface area contributed by atoms with Gasteiger partial charge in [-0.15, -0.1) is 0 Å². The summed E-state index contributed by atoms with van der Waals surface area (Å²) >= 11 is 0. The number of carbonyl (C=O) groups excluding carboxylic acids is 2. The lowest BCUT2D eigenvalue weighted by atomic mass is 9.98. The summed E-state index contributed by atoms with van der Waals surface area (Å²) in [6.45, 7) is 0.599. The largest absolute Gasteiger partial charge is 0.479 e. The summed E-state index contributed by atoms with van der Waals surface area (Å²) in [5, 5.41) is 25.0. The molecule has 1 aliphatic heterocycles. The van der Waals surface area contributed by atoms with Crippen LogP contribution < -0.4 is 27.4 Å². The normalized spacial score (nSPS) is 20.2. The zero-order valence-electron chi connectivity index (χ0n) is 16.1. The summed E-state index contributed by atoms with van der Waals surface area (Å²) in [5.41, 5.74) is 12.8. The molecule has 158 valence electrons. The van der Waals surface area contributed by atoms with Gasteiger partial charge in [-0.05, 0) is 30.4 Å². The summed E-state index contributed by atoms with van der Waals surface area (Å²) in [7, 11) is 0. The van der Waals surface area contributed by atoms with Gasteiger partial charge in [-0.25, -0.2) is 4.79 Å². The summed E-state index contributed by atoms with van der Waals surface area (Å²) < 4.78 is 0. The molecule has 9 N–H and O–H groups in total. The first-order chi connectivity index (χ1) is 13.8. The van der Waals surface area contributed by atoms with Crippen molar-refractivity contribution in [2.24, 2.45) is 11.5 Å². The standard InChI is InChI=1S/C19H28N6O4/c20-13(10-12-6-8-23-15(12)17(21)22)18(27)24-9-7-14(26)25-16(19(28)29)11-4-2-1-3-5-11/h1-2,5-6,13,15-16,23H,3-4,7-10,20H2,(H3,21,22)(H,24,27)(H,25,26)(H,28,29). The minimum atomic E-state index is -1.12. The van der Waals surface area contributed by atoms with Crippen molar-refractivity contribution in [3.63, 3.8) is 0 Å². The third-order valence-electron chi connectivity index (χ3n) is 4.77. The van der Waals surface area contributed by atoms with Crippen molar-refractivity contribution < 1.29 is 19.5 Å². The van der Waals surface area contributed by atoms with E-state index < -0.39 is 35.9 Å². The van der Waals surface area contributed by atoms with Crippen LogP contribution in [0, 0.1) is 5.41 Å². The second-order valence-corrected chi connectivity index (χ2v) is 6.96. The molecule has 0 spiro atoms. The number of amides is 2. The molecule has 0 fully saturated rings. The topological polar surface area (TPSA) is 183 Å². The quantitative estimate of drug-likeness (QED) is 0.137. The van der Waals surface area contributed by atoms with Gasteiger partial charge >= 0.3 is 5.97 Å². The van der Waals surface area contributed by atoms with Gasteiger partial charge in [-0.3, -0.25) is 15.0 Å². The lowest BCUT2D eigenvalue weighted by Gasteiger charge is -2.19. The number of carbonyl (C=O) groups is 3. The lowest BCUT2D eigenvalue weighted by molar-refractivity contribution is -0.140. The van der Waals surface area contributed by atoms with E-state index in [-0.39, 0.29) is 25.2 Å². The van der Waals surface area contributed by atoms with E-state index in [0.29, 0.717) is 25.0 Å². The fourth-order valence-corrected chi connectivity index (χ4v) is 3.24. The third kappa shape index (κ3) is 6.54. The Kier molecular flexibility index (Phi) is 8.10. The van der Waals surface area contributed by atoms with Gasteiger partial charge in [0, 0.05) is 19.5 Å². The summed E-state index contributed by atoms with van der Waals surface area (Å²) in [6.07, 6.45) is 8.75. The Bertz CT molecular complexity index is 758. The first-order valence-corrected chi connectivity index (χ1v) is 9.45. The van der Waals surface area contributed by atoms with Crippen LogP contribution in [-0.2, 0) is 14.4 Å². The van der Waals surface area contributed by atoms with Crippen LogP contribution in [0.1, 0.15) is 25.7 Å². The Hall–Kier alpha value is -2.98. The van der Waals surface area contributed by atoms with Gasteiger partial charge in [0.2, 0.25) is 11.8 Å². The smallest absolute Gasteiger partial charge is 0.330 e. The molecule has 2 amide bonds. The Labute approximate surface area is 169 Å². The molecule has 0 bridgehead atoms. The third-order valence-corrected chi connectivity index (χ3v) is 4.77. The first kappa shape index (κ1) is 22.3. The van der Waals surface area contributed by atoms with Gasteiger partial charge < -0.3 is 32.5 Å². The zero-order chi connectivity index (χ0) is 21.4. The number of nitrogens with one attached hydrogen (secondary N) is 4. The van der Waals surface area contributed by atoms with Gasteiger partial charge in [0.25, 0.3) is 0 Å². The summed E-state index contributed by atoms with van der Waals surface area (Å²) in [5.74, 6) is -2.05. The van der Waals surface area contributed by atoms with E-state index in [1.165, 1.54) is 0 Å².